The summed E-state index contributed by atoms with van der Waals surface area (Å²) in [6.45, 7) is 0. The highest BCUT2D eigenvalue weighted by Gasteiger charge is 2.08. The van der Waals surface area contributed by atoms with Crippen molar-refractivity contribution in [1.82, 2.24) is 10.1 Å². The minimum atomic E-state index is -0.243. The van der Waals surface area contributed by atoms with Gasteiger partial charge in [-0.05, 0) is 18.2 Å². The Morgan fingerprint density at radius 3 is 2.82 bits per heavy atom. The molecule has 0 aliphatic rings. The van der Waals surface area contributed by atoms with Gasteiger partial charge in [-0.3, -0.25) is 4.79 Å². The third-order valence-corrected chi connectivity index (χ3v) is 3.06. The van der Waals surface area contributed by atoms with Gasteiger partial charge in [0.05, 0.1) is 12.7 Å². The monoisotopic (exact) mass is 295 g/mol. The Kier molecular flexibility index (Phi) is 3.82. The zero-order valence-electron chi connectivity index (χ0n) is 11.8. The van der Waals surface area contributed by atoms with Crippen LogP contribution in [0.4, 0.5) is 5.69 Å². The Bertz CT molecular complexity index is 768. The van der Waals surface area contributed by atoms with E-state index in [-0.39, 0.29) is 5.91 Å². The molecule has 110 valence electrons. The van der Waals surface area contributed by atoms with Gasteiger partial charge in [0.1, 0.15) is 12.0 Å². The van der Waals surface area contributed by atoms with Crippen LogP contribution in [0.25, 0.3) is 11.3 Å². The zero-order chi connectivity index (χ0) is 15.4. The summed E-state index contributed by atoms with van der Waals surface area (Å²) in [7, 11) is 1.53. The number of methoxy groups -OCH3 is 1. The molecule has 1 amide bonds. The molecule has 1 aromatic carbocycles. The van der Waals surface area contributed by atoms with Crippen LogP contribution in [0.15, 0.2) is 59.4 Å². The van der Waals surface area contributed by atoms with Gasteiger partial charge in [-0.2, -0.15) is 0 Å². The molecule has 3 aromatic rings. The molecule has 3 rings (SSSR count). The first-order valence-electron chi connectivity index (χ1n) is 6.58. The third-order valence-electron chi connectivity index (χ3n) is 3.06. The molecule has 0 bridgehead atoms. The summed E-state index contributed by atoms with van der Waals surface area (Å²) < 4.78 is 9.79. The number of rotatable bonds is 4. The second kappa shape index (κ2) is 6.09. The van der Waals surface area contributed by atoms with Crippen LogP contribution in [-0.4, -0.2) is 23.2 Å². The molecule has 0 aliphatic heterocycles. The molecule has 0 unspecified atom stereocenters. The minimum Gasteiger partial charge on any atom is -0.481 e. The molecule has 6 nitrogen and oxygen atoms in total. The smallest absolute Gasteiger partial charge is 0.257 e. The predicted molar refractivity (Wildman–Crippen MR) is 80.7 cm³/mol. The van der Waals surface area contributed by atoms with Crippen molar-refractivity contribution < 1.29 is 14.1 Å². The number of amides is 1. The van der Waals surface area contributed by atoms with Gasteiger partial charge < -0.3 is 14.6 Å². The molecule has 2 heterocycles. The summed E-state index contributed by atoms with van der Waals surface area (Å²) in [4.78, 5) is 16.2. The van der Waals surface area contributed by atoms with Crippen molar-refractivity contribution in [3.63, 3.8) is 0 Å². The van der Waals surface area contributed by atoms with Crippen LogP contribution in [0.2, 0.25) is 0 Å². The van der Waals surface area contributed by atoms with Crippen molar-refractivity contribution in [2.24, 2.45) is 0 Å². The van der Waals surface area contributed by atoms with Gasteiger partial charge in [0.2, 0.25) is 5.88 Å². The highest BCUT2D eigenvalue weighted by atomic mass is 16.5. The van der Waals surface area contributed by atoms with Gasteiger partial charge in [0.25, 0.3) is 5.91 Å². The van der Waals surface area contributed by atoms with Crippen molar-refractivity contribution in [1.29, 1.82) is 0 Å². The summed E-state index contributed by atoms with van der Waals surface area (Å²) in [5, 5.41) is 6.69. The number of ether oxygens (including phenoxy) is 1. The van der Waals surface area contributed by atoms with Crippen LogP contribution in [-0.2, 0) is 0 Å². The van der Waals surface area contributed by atoms with Crippen LogP contribution in [0, 0.1) is 0 Å². The predicted octanol–water partition coefficient (Wildman–Crippen LogP) is 3.00. The van der Waals surface area contributed by atoms with E-state index >= 15 is 0 Å². The summed E-state index contributed by atoms with van der Waals surface area (Å²) in [6, 6.07) is 12.4. The fraction of sp³-hybridized carbons (Fsp3) is 0.0625. The Hall–Kier alpha value is -3.15. The Balaban J connectivity index is 1.77. The van der Waals surface area contributed by atoms with Crippen molar-refractivity contribution in [2.75, 3.05) is 12.4 Å². The summed E-state index contributed by atoms with van der Waals surface area (Å²) in [6.07, 6.45) is 2.97. The fourth-order valence-electron chi connectivity index (χ4n) is 1.96. The summed E-state index contributed by atoms with van der Waals surface area (Å²) in [5.74, 6) is 0.219. The van der Waals surface area contributed by atoms with E-state index < -0.39 is 0 Å². The van der Waals surface area contributed by atoms with Gasteiger partial charge in [0.15, 0.2) is 0 Å². The first kappa shape index (κ1) is 13.8. The first-order valence-corrected chi connectivity index (χ1v) is 6.58. The van der Waals surface area contributed by atoms with Crippen molar-refractivity contribution in [3.05, 3.63) is 60.5 Å². The van der Waals surface area contributed by atoms with Crippen LogP contribution >= 0.6 is 0 Å². The number of hydrogen-bond donors (Lipinski definition) is 1. The van der Waals surface area contributed by atoms with Crippen LogP contribution < -0.4 is 10.1 Å². The van der Waals surface area contributed by atoms with Gasteiger partial charge >= 0.3 is 0 Å². The number of pyridine rings is 1. The van der Waals surface area contributed by atoms with E-state index in [0.717, 1.165) is 5.56 Å². The molecular formula is C16H13N3O3. The van der Waals surface area contributed by atoms with E-state index in [9.17, 15) is 4.79 Å². The number of hydrogen-bond acceptors (Lipinski definition) is 5. The topological polar surface area (TPSA) is 77.2 Å². The largest absolute Gasteiger partial charge is 0.481 e. The van der Waals surface area contributed by atoms with Gasteiger partial charge in [-0.15, -0.1) is 0 Å². The van der Waals surface area contributed by atoms with E-state index in [1.807, 2.05) is 18.2 Å². The summed E-state index contributed by atoms with van der Waals surface area (Å²) >= 11 is 0. The van der Waals surface area contributed by atoms with E-state index in [4.69, 9.17) is 9.26 Å². The zero-order valence-corrected chi connectivity index (χ0v) is 11.8. The molecule has 6 heteroatoms. The normalized spacial score (nSPS) is 10.2. The van der Waals surface area contributed by atoms with Crippen molar-refractivity contribution in [2.45, 2.75) is 0 Å². The maximum Gasteiger partial charge on any atom is 0.257 e. The molecule has 1 N–H and O–H groups in total. The minimum absolute atomic E-state index is 0.243. The molecule has 0 saturated carbocycles. The lowest BCUT2D eigenvalue weighted by molar-refractivity contribution is 0.102. The van der Waals surface area contributed by atoms with E-state index in [0.29, 0.717) is 22.8 Å². The van der Waals surface area contributed by atoms with Crippen LogP contribution in [0.1, 0.15) is 10.4 Å². The number of nitrogens with zero attached hydrogens (tertiary/aromatic N) is 2. The number of benzene rings is 1. The molecular weight excluding hydrogens is 282 g/mol. The number of carbonyl (C=O) groups is 1. The highest BCUT2D eigenvalue weighted by Crippen LogP contribution is 2.21. The van der Waals surface area contributed by atoms with E-state index in [2.05, 4.69) is 15.5 Å². The SMILES string of the molecule is COc1ccc(C(=O)Nc2cccc(-c3ccon3)c2)cn1. The number of carbonyl (C=O) groups excluding carboxylic acids is 1. The molecule has 0 fully saturated rings. The van der Waals surface area contributed by atoms with Gasteiger partial charge in [-0.1, -0.05) is 17.3 Å². The van der Waals surface area contributed by atoms with E-state index in [1.54, 1.807) is 24.3 Å². The molecule has 0 aliphatic carbocycles. The number of nitrogens with one attached hydrogen (secondary N) is 1. The third kappa shape index (κ3) is 2.95. The van der Waals surface area contributed by atoms with Gasteiger partial charge in [-0.25, -0.2) is 4.98 Å². The van der Waals surface area contributed by atoms with Gasteiger partial charge in [0, 0.05) is 29.6 Å². The van der Waals surface area contributed by atoms with Crippen molar-refractivity contribution >= 4 is 11.6 Å². The Morgan fingerprint density at radius 1 is 1.23 bits per heavy atom. The quantitative estimate of drug-likeness (QED) is 0.800. The first-order chi connectivity index (χ1) is 10.8. The number of anilines is 1. The lowest BCUT2D eigenvalue weighted by atomic mass is 10.1. The van der Waals surface area contributed by atoms with Crippen LogP contribution in [0.5, 0.6) is 5.88 Å². The standard InChI is InChI=1S/C16H13N3O3/c1-21-15-6-5-12(10-17-15)16(20)18-13-4-2-3-11(9-13)14-7-8-22-19-14/h2-10H,1H3,(H,18,20). The Morgan fingerprint density at radius 2 is 2.14 bits per heavy atom. The van der Waals surface area contributed by atoms with Crippen LogP contribution in [0.3, 0.4) is 0 Å². The Labute approximate surface area is 126 Å². The second-order valence-corrected chi connectivity index (χ2v) is 4.51. The maximum atomic E-state index is 12.2. The molecule has 22 heavy (non-hydrogen) atoms. The average Bonchev–Trinajstić information content (AvgIpc) is 3.10. The van der Waals surface area contributed by atoms with Crippen molar-refractivity contribution in [3.8, 4) is 17.1 Å². The highest BCUT2D eigenvalue weighted by molar-refractivity contribution is 6.04. The van der Waals surface area contributed by atoms with E-state index in [1.165, 1.54) is 19.6 Å². The second-order valence-electron chi connectivity index (χ2n) is 4.51. The maximum absolute atomic E-state index is 12.2. The number of aromatic nitrogens is 2. The lowest BCUT2D eigenvalue weighted by Crippen LogP contribution is -2.12. The average molecular weight is 295 g/mol. The molecule has 2 aromatic heterocycles. The summed E-state index contributed by atoms with van der Waals surface area (Å²) in [5.41, 5.74) is 2.69. The molecule has 0 atom stereocenters. The molecule has 0 saturated heterocycles. The molecule has 0 spiro atoms. The molecule has 0 radical (unpaired) electrons. The fourth-order valence-corrected chi connectivity index (χ4v) is 1.96. The lowest BCUT2D eigenvalue weighted by Gasteiger charge is -2.06.